The third-order valence-corrected chi connectivity index (χ3v) is 2.69. The van der Waals surface area contributed by atoms with Gasteiger partial charge in [-0.2, -0.15) is 0 Å². The first-order valence-corrected chi connectivity index (χ1v) is 4.50. The molecule has 0 aromatic carbocycles. The molecular weight excluding hydrogens is 176 g/mol. The summed E-state index contributed by atoms with van der Waals surface area (Å²) in [4.78, 5) is 10.8. The zero-order chi connectivity index (χ0) is 9.19. The van der Waals surface area contributed by atoms with Crippen LogP contribution in [-0.2, 0) is 4.79 Å². The minimum atomic E-state index is -0.678. The SMILES string of the molecule is C/C(Cl)=C/CC1(C(=O)O)CCC1. The molecule has 1 aliphatic carbocycles. The number of rotatable bonds is 3. The fourth-order valence-corrected chi connectivity index (χ4v) is 1.52. The summed E-state index contributed by atoms with van der Waals surface area (Å²) in [5.74, 6) is -0.678. The van der Waals surface area contributed by atoms with E-state index in [-0.39, 0.29) is 0 Å². The average Bonchev–Trinajstić information content (AvgIpc) is 1.83. The fraction of sp³-hybridized carbons (Fsp3) is 0.667. The van der Waals surface area contributed by atoms with Crippen LogP contribution in [0.4, 0.5) is 0 Å². The number of carboxylic acid groups (broad SMARTS) is 1. The van der Waals surface area contributed by atoms with E-state index in [1.54, 1.807) is 13.0 Å². The summed E-state index contributed by atoms with van der Waals surface area (Å²) >= 11 is 5.64. The van der Waals surface area contributed by atoms with Gasteiger partial charge in [0.05, 0.1) is 5.41 Å². The molecule has 0 spiro atoms. The summed E-state index contributed by atoms with van der Waals surface area (Å²) in [7, 11) is 0. The Morgan fingerprint density at radius 1 is 1.67 bits per heavy atom. The van der Waals surface area contributed by atoms with E-state index in [2.05, 4.69) is 0 Å². The minimum Gasteiger partial charge on any atom is -0.481 e. The molecule has 0 aromatic heterocycles. The molecule has 0 bridgehead atoms. The molecule has 68 valence electrons. The minimum absolute atomic E-state index is 0.490. The van der Waals surface area contributed by atoms with Gasteiger partial charge in [0.25, 0.3) is 0 Å². The molecule has 0 aliphatic heterocycles. The third-order valence-electron chi connectivity index (χ3n) is 2.54. The average molecular weight is 189 g/mol. The van der Waals surface area contributed by atoms with Crippen molar-refractivity contribution in [1.82, 2.24) is 0 Å². The van der Waals surface area contributed by atoms with Gasteiger partial charge in [0.15, 0.2) is 0 Å². The van der Waals surface area contributed by atoms with Crippen LogP contribution in [0.3, 0.4) is 0 Å². The Morgan fingerprint density at radius 3 is 2.50 bits per heavy atom. The molecule has 2 nitrogen and oxygen atoms in total. The van der Waals surface area contributed by atoms with Gasteiger partial charge >= 0.3 is 5.97 Å². The van der Waals surface area contributed by atoms with Crippen LogP contribution in [0.25, 0.3) is 0 Å². The molecule has 0 amide bonds. The summed E-state index contributed by atoms with van der Waals surface area (Å²) in [6.07, 6.45) is 5.00. The monoisotopic (exact) mass is 188 g/mol. The zero-order valence-corrected chi connectivity index (χ0v) is 7.90. The van der Waals surface area contributed by atoms with E-state index in [0.29, 0.717) is 11.5 Å². The van der Waals surface area contributed by atoms with E-state index < -0.39 is 11.4 Å². The number of allylic oxidation sites excluding steroid dienone is 2. The van der Waals surface area contributed by atoms with E-state index in [9.17, 15) is 4.79 Å². The van der Waals surface area contributed by atoms with Crippen LogP contribution in [0.15, 0.2) is 11.1 Å². The lowest BCUT2D eigenvalue weighted by molar-refractivity contribution is -0.154. The zero-order valence-electron chi connectivity index (χ0n) is 7.14. The molecular formula is C9H13ClO2. The lowest BCUT2D eigenvalue weighted by Gasteiger charge is -2.36. The number of carboxylic acids is 1. The van der Waals surface area contributed by atoms with Crippen molar-refractivity contribution in [2.24, 2.45) is 5.41 Å². The molecule has 1 fully saturated rings. The Balaban J connectivity index is 2.57. The molecule has 3 heteroatoms. The summed E-state index contributed by atoms with van der Waals surface area (Å²) in [5.41, 5.74) is -0.490. The molecule has 12 heavy (non-hydrogen) atoms. The highest BCUT2D eigenvalue weighted by Crippen LogP contribution is 2.44. The van der Waals surface area contributed by atoms with Crippen molar-refractivity contribution >= 4 is 17.6 Å². The van der Waals surface area contributed by atoms with Gasteiger partial charge in [-0.15, -0.1) is 0 Å². The smallest absolute Gasteiger partial charge is 0.309 e. The Bertz CT molecular complexity index is 213. The molecule has 0 atom stereocenters. The van der Waals surface area contributed by atoms with Crippen LogP contribution in [0.5, 0.6) is 0 Å². The first kappa shape index (κ1) is 9.59. The van der Waals surface area contributed by atoms with E-state index >= 15 is 0 Å². The third kappa shape index (κ3) is 1.81. The Morgan fingerprint density at radius 2 is 2.25 bits per heavy atom. The maximum absolute atomic E-state index is 10.8. The number of hydrogen-bond acceptors (Lipinski definition) is 1. The Hall–Kier alpha value is -0.500. The van der Waals surface area contributed by atoms with Gasteiger partial charge in [-0.1, -0.05) is 24.1 Å². The van der Waals surface area contributed by atoms with Crippen molar-refractivity contribution in [2.45, 2.75) is 32.6 Å². The molecule has 0 unspecified atom stereocenters. The molecule has 1 aliphatic rings. The van der Waals surface area contributed by atoms with E-state index in [1.807, 2.05) is 0 Å². The van der Waals surface area contributed by atoms with Crippen LogP contribution in [0.1, 0.15) is 32.6 Å². The summed E-state index contributed by atoms with van der Waals surface area (Å²) < 4.78 is 0. The van der Waals surface area contributed by atoms with Gasteiger partial charge in [0, 0.05) is 5.03 Å². The molecule has 1 saturated carbocycles. The number of hydrogen-bond donors (Lipinski definition) is 1. The second-order valence-electron chi connectivity index (χ2n) is 3.43. The fourth-order valence-electron chi connectivity index (χ4n) is 1.44. The summed E-state index contributed by atoms with van der Waals surface area (Å²) in [6.45, 7) is 1.77. The van der Waals surface area contributed by atoms with Crippen molar-refractivity contribution in [3.8, 4) is 0 Å². The Labute approximate surface area is 77.2 Å². The van der Waals surface area contributed by atoms with Crippen molar-refractivity contribution in [3.63, 3.8) is 0 Å². The number of carbonyl (C=O) groups is 1. The highest BCUT2D eigenvalue weighted by Gasteiger charge is 2.43. The van der Waals surface area contributed by atoms with Crippen LogP contribution in [0, 0.1) is 5.41 Å². The van der Waals surface area contributed by atoms with Crippen LogP contribution in [0.2, 0.25) is 0 Å². The predicted octanol–water partition coefficient (Wildman–Crippen LogP) is 2.77. The van der Waals surface area contributed by atoms with E-state index in [1.165, 1.54) is 0 Å². The van der Waals surface area contributed by atoms with E-state index in [0.717, 1.165) is 19.3 Å². The largest absolute Gasteiger partial charge is 0.481 e. The van der Waals surface area contributed by atoms with Crippen molar-refractivity contribution < 1.29 is 9.90 Å². The molecule has 1 N–H and O–H groups in total. The van der Waals surface area contributed by atoms with Gasteiger partial charge < -0.3 is 5.11 Å². The topological polar surface area (TPSA) is 37.3 Å². The first-order valence-electron chi connectivity index (χ1n) is 4.12. The quantitative estimate of drug-likeness (QED) is 0.740. The molecule has 0 heterocycles. The normalized spacial score (nSPS) is 21.7. The standard InChI is InChI=1S/C9H13ClO2/c1-7(10)3-6-9(8(11)12)4-2-5-9/h3H,2,4-6H2,1H3,(H,11,12)/b7-3-. The highest BCUT2D eigenvalue weighted by atomic mass is 35.5. The number of aliphatic carboxylic acids is 1. The Kier molecular flexibility index (Phi) is 2.78. The van der Waals surface area contributed by atoms with Crippen LogP contribution < -0.4 is 0 Å². The van der Waals surface area contributed by atoms with Gasteiger partial charge in [-0.25, -0.2) is 0 Å². The van der Waals surface area contributed by atoms with Gasteiger partial charge in [-0.3, -0.25) is 4.79 Å². The molecule has 0 radical (unpaired) electrons. The maximum Gasteiger partial charge on any atom is 0.309 e. The van der Waals surface area contributed by atoms with Crippen LogP contribution >= 0.6 is 11.6 Å². The summed E-state index contributed by atoms with van der Waals surface area (Å²) in [5, 5.41) is 9.61. The molecule has 0 aromatic rings. The second-order valence-corrected chi connectivity index (χ2v) is 4.03. The molecule has 0 saturated heterocycles. The van der Waals surface area contributed by atoms with E-state index in [4.69, 9.17) is 16.7 Å². The van der Waals surface area contributed by atoms with Crippen molar-refractivity contribution in [3.05, 3.63) is 11.1 Å². The van der Waals surface area contributed by atoms with Gasteiger partial charge in [0.2, 0.25) is 0 Å². The van der Waals surface area contributed by atoms with Crippen molar-refractivity contribution in [2.75, 3.05) is 0 Å². The number of halogens is 1. The van der Waals surface area contributed by atoms with Gasteiger partial charge in [-0.05, 0) is 26.2 Å². The predicted molar refractivity (Wildman–Crippen MR) is 48.1 cm³/mol. The molecule has 1 rings (SSSR count). The first-order chi connectivity index (χ1) is 5.57. The lowest BCUT2D eigenvalue weighted by Crippen LogP contribution is -2.37. The second kappa shape index (κ2) is 3.48. The summed E-state index contributed by atoms with van der Waals surface area (Å²) in [6, 6.07) is 0. The lowest BCUT2D eigenvalue weighted by atomic mass is 9.67. The van der Waals surface area contributed by atoms with Crippen LogP contribution in [-0.4, -0.2) is 11.1 Å². The maximum atomic E-state index is 10.8. The highest BCUT2D eigenvalue weighted by molar-refractivity contribution is 6.29. The van der Waals surface area contributed by atoms with Gasteiger partial charge in [0.1, 0.15) is 0 Å². The van der Waals surface area contributed by atoms with Crippen molar-refractivity contribution in [1.29, 1.82) is 0 Å².